The van der Waals surface area contributed by atoms with Gasteiger partial charge in [0.15, 0.2) is 11.5 Å². The smallest absolute Gasteiger partial charge is 0.185 e. The Morgan fingerprint density at radius 2 is 1.72 bits per heavy atom. The summed E-state index contributed by atoms with van der Waals surface area (Å²) in [6.45, 7) is 2.13. The van der Waals surface area contributed by atoms with E-state index in [1.54, 1.807) is 22.7 Å². The predicted octanol–water partition coefficient (Wildman–Crippen LogP) is 4.68. The van der Waals surface area contributed by atoms with Crippen LogP contribution >= 0.6 is 23.2 Å². The number of morpholine rings is 1. The van der Waals surface area contributed by atoms with Gasteiger partial charge in [-0.3, -0.25) is 0 Å². The Hall–Kier alpha value is -2.67. The van der Waals surface area contributed by atoms with Crippen LogP contribution in [0.15, 0.2) is 60.7 Å². The second-order valence-electron chi connectivity index (χ2n) is 6.86. The summed E-state index contributed by atoms with van der Waals surface area (Å²) in [5.74, 6) is 1.44. The van der Waals surface area contributed by atoms with E-state index in [0.29, 0.717) is 28.1 Å². The van der Waals surface area contributed by atoms with Gasteiger partial charge in [-0.25, -0.2) is 0 Å². The van der Waals surface area contributed by atoms with Crippen molar-refractivity contribution in [2.75, 3.05) is 24.6 Å². The first-order valence-corrected chi connectivity index (χ1v) is 10.0. The topological polar surface area (TPSA) is 55.5 Å². The zero-order valence-electron chi connectivity index (χ0n) is 15.4. The number of benzene rings is 2. The van der Waals surface area contributed by atoms with E-state index in [1.165, 1.54) is 0 Å². The van der Waals surface area contributed by atoms with Gasteiger partial charge in [0.05, 0.1) is 6.61 Å². The van der Waals surface area contributed by atoms with Crippen LogP contribution in [0.3, 0.4) is 0 Å². The number of hydrogen-bond donors (Lipinski definition) is 0. The van der Waals surface area contributed by atoms with Gasteiger partial charge in [-0.2, -0.15) is 4.52 Å². The molecule has 0 bridgehead atoms. The van der Waals surface area contributed by atoms with Crippen molar-refractivity contribution < 1.29 is 4.74 Å². The summed E-state index contributed by atoms with van der Waals surface area (Å²) in [6, 6.07) is 19.4. The van der Waals surface area contributed by atoms with Crippen molar-refractivity contribution in [1.29, 1.82) is 0 Å². The third-order valence-electron chi connectivity index (χ3n) is 4.93. The molecule has 3 heterocycles. The van der Waals surface area contributed by atoms with Gasteiger partial charge in [-0.1, -0.05) is 53.5 Å². The Morgan fingerprint density at radius 1 is 0.931 bits per heavy atom. The number of ether oxygens (including phenoxy) is 1. The van der Waals surface area contributed by atoms with E-state index in [-0.39, 0.29) is 6.10 Å². The SMILES string of the molecule is Clc1cc(Cl)cc(-c2nnc3ccc(N4CCOC(c5ccccc5)C4)nn23)c1. The third kappa shape index (κ3) is 3.67. The monoisotopic (exact) mass is 425 g/mol. The average molecular weight is 426 g/mol. The molecule has 6 nitrogen and oxygen atoms in total. The molecular weight excluding hydrogens is 409 g/mol. The van der Waals surface area contributed by atoms with E-state index >= 15 is 0 Å². The molecular formula is C21H17Cl2N5O. The molecule has 1 atom stereocenters. The molecule has 4 aromatic rings. The molecule has 1 fully saturated rings. The molecule has 0 N–H and O–H groups in total. The maximum absolute atomic E-state index is 6.16. The zero-order valence-corrected chi connectivity index (χ0v) is 16.9. The minimum atomic E-state index is 0.00886. The highest BCUT2D eigenvalue weighted by molar-refractivity contribution is 6.35. The van der Waals surface area contributed by atoms with Crippen molar-refractivity contribution >= 4 is 34.7 Å². The van der Waals surface area contributed by atoms with E-state index in [0.717, 1.165) is 30.0 Å². The predicted molar refractivity (Wildman–Crippen MR) is 114 cm³/mol. The van der Waals surface area contributed by atoms with Gasteiger partial charge in [0.25, 0.3) is 0 Å². The fourth-order valence-corrected chi connectivity index (χ4v) is 4.06. The fraction of sp³-hybridized carbons (Fsp3) is 0.190. The molecule has 2 aromatic carbocycles. The van der Waals surface area contributed by atoms with Crippen molar-refractivity contribution in [3.8, 4) is 11.4 Å². The van der Waals surface area contributed by atoms with Crippen molar-refractivity contribution in [3.05, 3.63) is 76.3 Å². The summed E-state index contributed by atoms with van der Waals surface area (Å²) in [5, 5.41) is 14.4. The first-order chi connectivity index (χ1) is 14.2. The number of rotatable bonds is 3. The molecule has 29 heavy (non-hydrogen) atoms. The molecule has 0 saturated carbocycles. The summed E-state index contributed by atoms with van der Waals surface area (Å²) in [5.41, 5.74) is 2.59. The quantitative estimate of drug-likeness (QED) is 0.476. The Morgan fingerprint density at radius 3 is 2.52 bits per heavy atom. The maximum atomic E-state index is 6.16. The van der Waals surface area contributed by atoms with Crippen LogP contribution in [0.4, 0.5) is 5.82 Å². The molecule has 1 aliphatic rings. The minimum Gasteiger partial charge on any atom is -0.370 e. The molecule has 1 saturated heterocycles. The molecule has 1 unspecified atom stereocenters. The van der Waals surface area contributed by atoms with E-state index in [4.69, 9.17) is 33.0 Å². The number of halogens is 2. The van der Waals surface area contributed by atoms with Crippen molar-refractivity contribution in [2.45, 2.75) is 6.10 Å². The van der Waals surface area contributed by atoms with Gasteiger partial charge in [-0.15, -0.1) is 15.3 Å². The normalized spacial score (nSPS) is 17.0. The molecule has 8 heteroatoms. The summed E-state index contributed by atoms with van der Waals surface area (Å²) < 4.78 is 7.70. The number of fused-ring (bicyclic) bond motifs is 1. The lowest BCUT2D eigenvalue weighted by Crippen LogP contribution is -2.39. The van der Waals surface area contributed by atoms with Gasteiger partial charge in [0.1, 0.15) is 11.9 Å². The molecule has 5 rings (SSSR count). The van der Waals surface area contributed by atoms with Crippen LogP contribution in [0.2, 0.25) is 10.0 Å². The first-order valence-electron chi connectivity index (χ1n) is 9.28. The molecule has 0 radical (unpaired) electrons. The van der Waals surface area contributed by atoms with Crippen LogP contribution < -0.4 is 4.90 Å². The first kappa shape index (κ1) is 18.4. The molecule has 146 valence electrons. The van der Waals surface area contributed by atoms with Gasteiger partial charge in [0.2, 0.25) is 0 Å². The van der Waals surface area contributed by atoms with E-state index in [2.05, 4.69) is 27.2 Å². The Kier molecular flexibility index (Phi) is 4.83. The largest absolute Gasteiger partial charge is 0.370 e. The number of anilines is 1. The van der Waals surface area contributed by atoms with E-state index < -0.39 is 0 Å². The maximum Gasteiger partial charge on any atom is 0.185 e. The number of nitrogens with zero attached hydrogens (tertiary/aromatic N) is 5. The highest BCUT2D eigenvalue weighted by Crippen LogP contribution is 2.28. The Balaban J connectivity index is 1.49. The lowest BCUT2D eigenvalue weighted by molar-refractivity contribution is 0.0394. The molecule has 2 aromatic heterocycles. The van der Waals surface area contributed by atoms with E-state index in [1.807, 2.05) is 30.3 Å². The zero-order chi connectivity index (χ0) is 19.8. The standard InChI is InChI=1S/C21H17Cl2N5O/c22-16-10-15(11-17(23)12-16)21-25-24-19-6-7-20(26-28(19)21)27-8-9-29-18(13-27)14-4-2-1-3-5-14/h1-7,10-12,18H,8-9,13H2. The van der Waals surface area contributed by atoms with Crippen LogP contribution in [0.25, 0.3) is 17.0 Å². The highest BCUT2D eigenvalue weighted by atomic mass is 35.5. The minimum absolute atomic E-state index is 0.00886. The van der Waals surface area contributed by atoms with Gasteiger partial charge >= 0.3 is 0 Å². The number of aromatic nitrogens is 4. The van der Waals surface area contributed by atoms with Crippen molar-refractivity contribution in [2.24, 2.45) is 0 Å². The molecule has 0 aliphatic carbocycles. The van der Waals surface area contributed by atoms with Gasteiger partial charge < -0.3 is 9.64 Å². The van der Waals surface area contributed by atoms with Crippen molar-refractivity contribution in [1.82, 2.24) is 19.8 Å². The van der Waals surface area contributed by atoms with Gasteiger partial charge in [0, 0.05) is 28.7 Å². The Labute approximate surface area is 177 Å². The second-order valence-corrected chi connectivity index (χ2v) is 7.73. The third-order valence-corrected chi connectivity index (χ3v) is 5.37. The van der Waals surface area contributed by atoms with Crippen LogP contribution in [0, 0.1) is 0 Å². The van der Waals surface area contributed by atoms with Crippen molar-refractivity contribution in [3.63, 3.8) is 0 Å². The van der Waals surface area contributed by atoms with E-state index in [9.17, 15) is 0 Å². The fourth-order valence-electron chi connectivity index (χ4n) is 3.54. The highest BCUT2D eigenvalue weighted by Gasteiger charge is 2.23. The Bertz CT molecular complexity index is 1140. The summed E-state index contributed by atoms with van der Waals surface area (Å²) in [6.07, 6.45) is 0.00886. The second kappa shape index (κ2) is 7.63. The van der Waals surface area contributed by atoms with Crippen LogP contribution in [-0.2, 0) is 4.74 Å². The lowest BCUT2D eigenvalue weighted by atomic mass is 10.1. The average Bonchev–Trinajstić information content (AvgIpc) is 3.17. The summed E-state index contributed by atoms with van der Waals surface area (Å²) in [4.78, 5) is 2.22. The number of hydrogen-bond acceptors (Lipinski definition) is 5. The van der Waals surface area contributed by atoms with Crippen LogP contribution in [0.5, 0.6) is 0 Å². The van der Waals surface area contributed by atoms with Crippen LogP contribution in [0.1, 0.15) is 11.7 Å². The summed E-state index contributed by atoms with van der Waals surface area (Å²) in [7, 11) is 0. The molecule has 0 spiro atoms. The molecule has 0 amide bonds. The van der Waals surface area contributed by atoms with Gasteiger partial charge in [-0.05, 0) is 35.9 Å². The summed E-state index contributed by atoms with van der Waals surface area (Å²) >= 11 is 12.3. The lowest BCUT2D eigenvalue weighted by Gasteiger charge is -2.33. The molecule has 1 aliphatic heterocycles. The van der Waals surface area contributed by atoms with Crippen LogP contribution in [-0.4, -0.2) is 39.5 Å².